The van der Waals surface area contributed by atoms with Gasteiger partial charge in [-0.2, -0.15) is 4.99 Å². The zero-order chi connectivity index (χ0) is 20.1. The molecular weight excluding hydrogens is 380 g/mol. The topological polar surface area (TPSA) is 87.0 Å². The van der Waals surface area contributed by atoms with Crippen LogP contribution in [0.4, 0.5) is 0 Å². The SMILES string of the molecule is CCOC(=O)c1ccc2c(c1)sc(=NC(=O)c1ccccc1)n2CC(=O)OC. The Labute approximate surface area is 164 Å². The molecular formula is C20H18N2O5S. The zero-order valence-electron chi connectivity index (χ0n) is 15.4. The molecule has 0 fully saturated rings. The molecule has 0 spiro atoms. The number of benzene rings is 2. The van der Waals surface area contributed by atoms with Crippen LogP contribution in [0.1, 0.15) is 27.6 Å². The van der Waals surface area contributed by atoms with E-state index in [9.17, 15) is 14.4 Å². The van der Waals surface area contributed by atoms with Gasteiger partial charge in [0.15, 0.2) is 4.80 Å². The van der Waals surface area contributed by atoms with E-state index in [0.29, 0.717) is 26.1 Å². The molecule has 0 unspecified atom stereocenters. The fourth-order valence-corrected chi connectivity index (χ4v) is 3.65. The fourth-order valence-electron chi connectivity index (χ4n) is 2.58. The minimum Gasteiger partial charge on any atom is -0.468 e. The van der Waals surface area contributed by atoms with Crippen LogP contribution in [0, 0.1) is 0 Å². The van der Waals surface area contributed by atoms with Crippen molar-refractivity contribution in [1.29, 1.82) is 0 Å². The van der Waals surface area contributed by atoms with Crippen LogP contribution in [0.3, 0.4) is 0 Å². The molecule has 1 aromatic heterocycles. The number of amides is 1. The van der Waals surface area contributed by atoms with Crippen molar-refractivity contribution in [3.8, 4) is 0 Å². The summed E-state index contributed by atoms with van der Waals surface area (Å²) in [6.45, 7) is 1.91. The second-order valence-corrected chi connectivity index (χ2v) is 6.74. The average Bonchev–Trinajstić information content (AvgIpc) is 3.04. The highest BCUT2D eigenvalue weighted by atomic mass is 32.1. The predicted octanol–water partition coefficient (Wildman–Crippen LogP) is 2.79. The standard InChI is InChI=1S/C20H18N2O5S/c1-3-27-19(25)14-9-10-15-16(11-14)28-20(22(15)12-17(23)26-2)21-18(24)13-7-5-4-6-8-13/h4-11H,3,12H2,1-2H3. The number of hydrogen-bond donors (Lipinski definition) is 0. The number of esters is 2. The number of rotatable bonds is 5. The molecule has 1 heterocycles. The highest BCUT2D eigenvalue weighted by Gasteiger charge is 2.15. The molecule has 28 heavy (non-hydrogen) atoms. The quantitative estimate of drug-likeness (QED) is 0.617. The minimum absolute atomic E-state index is 0.101. The summed E-state index contributed by atoms with van der Waals surface area (Å²) in [6.07, 6.45) is 0. The minimum atomic E-state index is -0.470. The van der Waals surface area contributed by atoms with Gasteiger partial charge in [-0.15, -0.1) is 0 Å². The molecule has 144 valence electrons. The molecule has 0 saturated heterocycles. The largest absolute Gasteiger partial charge is 0.468 e. The van der Waals surface area contributed by atoms with Crippen molar-refractivity contribution in [3.05, 3.63) is 64.5 Å². The number of aromatic nitrogens is 1. The summed E-state index contributed by atoms with van der Waals surface area (Å²) in [5, 5.41) is 0. The van der Waals surface area contributed by atoms with Crippen LogP contribution in [0.15, 0.2) is 53.5 Å². The Hall–Kier alpha value is -3.26. The van der Waals surface area contributed by atoms with E-state index in [0.717, 1.165) is 0 Å². The Morgan fingerprint density at radius 3 is 2.50 bits per heavy atom. The third-order valence-corrected chi connectivity index (χ3v) is 4.97. The number of ether oxygens (including phenoxy) is 2. The number of carbonyl (C=O) groups is 3. The third kappa shape index (κ3) is 4.17. The van der Waals surface area contributed by atoms with Gasteiger partial charge in [-0.1, -0.05) is 29.5 Å². The molecule has 0 aliphatic heterocycles. The number of fused-ring (bicyclic) bond motifs is 1. The first-order valence-electron chi connectivity index (χ1n) is 8.55. The van der Waals surface area contributed by atoms with Crippen LogP contribution in [-0.2, 0) is 20.8 Å². The van der Waals surface area contributed by atoms with Crippen molar-refractivity contribution < 1.29 is 23.9 Å². The molecule has 2 aromatic carbocycles. The van der Waals surface area contributed by atoms with Crippen LogP contribution in [0.2, 0.25) is 0 Å². The Bertz CT molecular complexity index is 1100. The van der Waals surface area contributed by atoms with E-state index in [2.05, 4.69) is 4.99 Å². The monoisotopic (exact) mass is 398 g/mol. The molecule has 0 aliphatic carbocycles. The van der Waals surface area contributed by atoms with Crippen molar-refractivity contribution in [1.82, 2.24) is 4.57 Å². The third-order valence-electron chi connectivity index (χ3n) is 3.93. The average molecular weight is 398 g/mol. The van der Waals surface area contributed by atoms with Crippen molar-refractivity contribution in [2.75, 3.05) is 13.7 Å². The fraction of sp³-hybridized carbons (Fsp3) is 0.200. The highest BCUT2D eigenvalue weighted by molar-refractivity contribution is 7.16. The van der Waals surface area contributed by atoms with Crippen molar-refractivity contribution >= 4 is 39.4 Å². The van der Waals surface area contributed by atoms with E-state index in [4.69, 9.17) is 9.47 Å². The number of thiazole rings is 1. The summed E-state index contributed by atoms with van der Waals surface area (Å²) in [5.74, 6) is -1.32. The van der Waals surface area contributed by atoms with Gasteiger partial charge in [-0.05, 0) is 37.3 Å². The highest BCUT2D eigenvalue weighted by Crippen LogP contribution is 2.20. The normalized spacial score (nSPS) is 11.4. The first kappa shape index (κ1) is 19.5. The van der Waals surface area contributed by atoms with E-state index in [1.54, 1.807) is 54.0 Å². The van der Waals surface area contributed by atoms with Crippen molar-refractivity contribution in [3.63, 3.8) is 0 Å². The molecule has 7 nitrogen and oxygen atoms in total. The molecule has 3 aromatic rings. The van der Waals surface area contributed by atoms with Gasteiger partial charge in [0.1, 0.15) is 6.54 Å². The maximum atomic E-state index is 12.5. The molecule has 0 radical (unpaired) electrons. The number of methoxy groups -OCH3 is 1. The molecule has 0 N–H and O–H groups in total. The van der Waals surface area contributed by atoms with E-state index >= 15 is 0 Å². The Morgan fingerprint density at radius 2 is 1.82 bits per heavy atom. The Morgan fingerprint density at radius 1 is 1.07 bits per heavy atom. The summed E-state index contributed by atoms with van der Waals surface area (Å²) in [6, 6.07) is 13.6. The van der Waals surface area contributed by atoms with Gasteiger partial charge in [-0.25, -0.2) is 4.79 Å². The molecule has 0 atom stereocenters. The van der Waals surface area contributed by atoms with Gasteiger partial charge in [0.2, 0.25) is 0 Å². The molecule has 3 rings (SSSR count). The Balaban J connectivity index is 2.12. The predicted molar refractivity (Wildman–Crippen MR) is 104 cm³/mol. The second kappa shape index (κ2) is 8.62. The van der Waals surface area contributed by atoms with Crippen LogP contribution >= 0.6 is 11.3 Å². The summed E-state index contributed by atoms with van der Waals surface area (Å²) < 4.78 is 12.1. The second-order valence-electron chi connectivity index (χ2n) is 5.73. The summed E-state index contributed by atoms with van der Waals surface area (Å²) in [4.78, 5) is 40.9. The lowest BCUT2D eigenvalue weighted by Crippen LogP contribution is -2.22. The van der Waals surface area contributed by atoms with Gasteiger partial charge in [0, 0.05) is 5.56 Å². The molecule has 0 saturated carbocycles. The zero-order valence-corrected chi connectivity index (χ0v) is 16.2. The molecule has 8 heteroatoms. The lowest BCUT2D eigenvalue weighted by Gasteiger charge is -2.05. The lowest BCUT2D eigenvalue weighted by molar-refractivity contribution is -0.141. The smallest absolute Gasteiger partial charge is 0.338 e. The summed E-state index contributed by atoms with van der Waals surface area (Å²) in [5.41, 5.74) is 1.50. The van der Waals surface area contributed by atoms with E-state index in [-0.39, 0.29) is 13.2 Å². The van der Waals surface area contributed by atoms with Crippen LogP contribution in [0.5, 0.6) is 0 Å². The lowest BCUT2D eigenvalue weighted by atomic mass is 10.2. The van der Waals surface area contributed by atoms with Crippen LogP contribution < -0.4 is 4.80 Å². The number of hydrogen-bond acceptors (Lipinski definition) is 6. The molecule has 0 aliphatic rings. The number of carbonyl (C=O) groups excluding carboxylic acids is 3. The molecule has 0 bridgehead atoms. The van der Waals surface area contributed by atoms with E-state index in [1.165, 1.54) is 18.4 Å². The van der Waals surface area contributed by atoms with E-state index < -0.39 is 17.8 Å². The van der Waals surface area contributed by atoms with Crippen molar-refractivity contribution in [2.24, 2.45) is 4.99 Å². The first-order chi connectivity index (χ1) is 13.5. The van der Waals surface area contributed by atoms with Crippen LogP contribution in [-0.4, -0.2) is 36.1 Å². The van der Waals surface area contributed by atoms with Crippen LogP contribution in [0.25, 0.3) is 10.2 Å². The number of nitrogens with zero attached hydrogens (tertiary/aromatic N) is 2. The van der Waals surface area contributed by atoms with E-state index in [1.807, 2.05) is 6.07 Å². The first-order valence-corrected chi connectivity index (χ1v) is 9.36. The van der Waals surface area contributed by atoms with Gasteiger partial charge in [-0.3, -0.25) is 9.59 Å². The van der Waals surface area contributed by atoms with Gasteiger partial charge < -0.3 is 14.0 Å². The van der Waals surface area contributed by atoms with Crippen molar-refractivity contribution in [2.45, 2.75) is 13.5 Å². The Kier molecular flexibility index (Phi) is 6.00. The van der Waals surface area contributed by atoms with Gasteiger partial charge >= 0.3 is 11.9 Å². The maximum Gasteiger partial charge on any atom is 0.338 e. The summed E-state index contributed by atoms with van der Waals surface area (Å²) >= 11 is 1.21. The van der Waals surface area contributed by atoms with Gasteiger partial charge in [0.25, 0.3) is 5.91 Å². The van der Waals surface area contributed by atoms with Gasteiger partial charge in [0.05, 0.1) is 29.5 Å². The maximum absolute atomic E-state index is 12.5. The molecule has 1 amide bonds. The summed E-state index contributed by atoms with van der Waals surface area (Å²) in [7, 11) is 1.29.